The largest absolute Gasteiger partial charge is 0.348 e. The normalized spacial score (nSPS) is 11.6. The van der Waals surface area contributed by atoms with Crippen molar-refractivity contribution in [3.8, 4) is 5.82 Å². The van der Waals surface area contributed by atoms with Gasteiger partial charge in [0.15, 0.2) is 0 Å². The summed E-state index contributed by atoms with van der Waals surface area (Å²) in [5.41, 5.74) is 1.16. The minimum absolute atomic E-state index is 0.112. The van der Waals surface area contributed by atoms with Crippen molar-refractivity contribution >= 4 is 15.9 Å². The maximum Gasteiger partial charge on any atom is 0.251 e. The molecule has 0 aliphatic carbocycles. The highest BCUT2D eigenvalue weighted by Gasteiger charge is 2.22. The highest BCUT2D eigenvalue weighted by atomic mass is 32.2. The summed E-state index contributed by atoms with van der Waals surface area (Å²) in [7, 11) is -3.62. The Labute approximate surface area is 176 Å². The van der Waals surface area contributed by atoms with E-state index in [9.17, 15) is 13.2 Å². The predicted molar refractivity (Wildman–Crippen MR) is 114 cm³/mol. The van der Waals surface area contributed by atoms with Crippen molar-refractivity contribution in [2.24, 2.45) is 0 Å². The number of pyridine rings is 1. The zero-order chi connectivity index (χ0) is 21.7. The van der Waals surface area contributed by atoms with E-state index in [-0.39, 0.29) is 17.3 Å². The Hall–Kier alpha value is -3.04. The van der Waals surface area contributed by atoms with E-state index in [1.807, 2.05) is 29.8 Å². The number of hydrogen-bond donors (Lipinski definition) is 1. The van der Waals surface area contributed by atoms with Crippen LogP contribution in [0.5, 0.6) is 0 Å². The number of aryl methyl sites for hydroxylation is 1. The molecule has 0 bridgehead atoms. The zero-order valence-corrected chi connectivity index (χ0v) is 18.1. The van der Waals surface area contributed by atoms with Gasteiger partial charge < -0.3 is 5.32 Å². The van der Waals surface area contributed by atoms with Crippen molar-refractivity contribution < 1.29 is 13.2 Å². The summed E-state index contributed by atoms with van der Waals surface area (Å²) >= 11 is 0. The average Bonchev–Trinajstić information content (AvgIpc) is 3.19. The number of amides is 1. The molecule has 158 valence electrons. The number of sulfonamides is 1. The molecular formula is C21H25N5O3S. The van der Waals surface area contributed by atoms with Crippen molar-refractivity contribution in [1.82, 2.24) is 24.2 Å². The molecule has 1 N–H and O–H groups in total. The van der Waals surface area contributed by atoms with Gasteiger partial charge in [-0.15, -0.1) is 0 Å². The Balaban J connectivity index is 1.74. The summed E-state index contributed by atoms with van der Waals surface area (Å²) in [4.78, 5) is 21.3. The number of imidazole rings is 1. The summed E-state index contributed by atoms with van der Waals surface area (Å²) in [5, 5.41) is 2.84. The fraction of sp³-hybridized carbons (Fsp3) is 0.286. The van der Waals surface area contributed by atoms with Crippen LogP contribution in [0.25, 0.3) is 5.82 Å². The van der Waals surface area contributed by atoms with E-state index in [0.717, 1.165) is 11.4 Å². The fourth-order valence-corrected chi connectivity index (χ4v) is 4.62. The molecule has 30 heavy (non-hydrogen) atoms. The highest BCUT2D eigenvalue weighted by molar-refractivity contribution is 7.89. The van der Waals surface area contributed by atoms with Gasteiger partial charge in [-0.1, -0.05) is 19.9 Å². The van der Waals surface area contributed by atoms with Crippen LogP contribution in [0.2, 0.25) is 0 Å². The number of hydrogen-bond acceptors (Lipinski definition) is 5. The number of carbonyl (C=O) groups is 1. The van der Waals surface area contributed by atoms with Crippen molar-refractivity contribution in [2.75, 3.05) is 13.1 Å². The lowest BCUT2D eigenvalue weighted by Gasteiger charge is -2.18. The first-order valence-electron chi connectivity index (χ1n) is 9.70. The number of carbonyl (C=O) groups excluding carboxylic acids is 1. The second-order valence-corrected chi connectivity index (χ2v) is 8.60. The molecule has 0 unspecified atom stereocenters. The topological polar surface area (TPSA) is 97.2 Å². The second kappa shape index (κ2) is 9.19. The van der Waals surface area contributed by atoms with Crippen molar-refractivity contribution in [3.05, 3.63) is 71.9 Å². The molecule has 0 saturated carbocycles. The second-order valence-electron chi connectivity index (χ2n) is 6.67. The molecule has 3 aromatic rings. The third kappa shape index (κ3) is 4.58. The Morgan fingerprint density at radius 2 is 1.87 bits per heavy atom. The van der Waals surface area contributed by atoms with Crippen molar-refractivity contribution in [2.45, 2.75) is 32.2 Å². The number of nitrogens with zero attached hydrogens (tertiary/aromatic N) is 4. The van der Waals surface area contributed by atoms with Gasteiger partial charge in [0.1, 0.15) is 11.6 Å². The van der Waals surface area contributed by atoms with Crippen LogP contribution in [0.15, 0.2) is 59.9 Å². The number of nitrogens with one attached hydrogen (secondary N) is 1. The minimum Gasteiger partial charge on any atom is -0.348 e. The molecule has 0 atom stereocenters. The van der Waals surface area contributed by atoms with Gasteiger partial charge in [-0.05, 0) is 42.8 Å². The molecule has 0 spiro atoms. The Morgan fingerprint density at radius 3 is 2.53 bits per heavy atom. The molecule has 0 saturated heterocycles. The molecule has 2 heterocycles. The van der Waals surface area contributed by atoms with Crippen LogP contribution in [0.3, 0.4) is 0 Å². The predicted octanol–water partition coefficient (Wildman–Crippen LogP) is 2.54. The summed E-state index contributed by atoms with van der Waals surface area (Å²) in [6, 6.07) is 9.79. The van der Waals surface area contributed by atoms with Crippen LogP contribution in [-0.2, 0) is 16.6 Å². The van der Waals surface area contributed by atoms with E-state index in [0.29, 0.717) is 24.5 Å². The Bertz CT molecular complexity index is 1140. The van der Waals surface area contributed by atoms with E-state index in [4.69, 9.17) is 0 Å². The average molecular weight is 428 g/mol. The summed E-state index contributed by atoms with van der Waals surface area (Å²) < 4.78 is 28.6. The molecule has 0 aliphatic rings. The highest BCUT2D eigenvalue weighted by Crippen LogP contribution is 2.17. The third-order valence-corrected chi connectivity index (χ3v) is 6.82. The van der Waals surface area contributed by atoms with Crippen LogP contribution in [0, 0.1) is 6.92 Å². The van der Waals surface area contributed by atoms with Crippen molar-refractivity contribution in [3.63, 3.8) is 0 Å². The fourth-order valence-electron chi connectivity index (χ4n) is 3.12. The van der Waals surface area contributed by atoms with Crippen LogP contribution in [-0.4, -0.2) is 46.3 Å². The maximum atomic E-state index is 12.7. The smallest absolute Gasteiger partial charge is 0.251 e. The molecular weight excluding hydrogens is 402 g/mol. The Morgan fingerprint density at radius 1 is 1.10 bits per heavy atom. The van der Waals surface area contributed by atoms with Gasteiger partial charge in [0, 0.05) is 43.8 Å². The molecule has 0 aliphatic heterocycles. The van der Waals surface area contributed by atoms with Gasteiger partial charge in [-0.25, -0.2) is 18.4 Å². The van der Waals surface area contributed by atoms with Crippen LogP contribution in [0.4, 0.5) is 0 Å². The summed E-state index contributed by atoms with van der Waals surface area (Å²) in [6.07, 6.45) is 5.19. The molecule has 3 rings (SSSR count). The molecule has 1 amide bonds. The molecule has 0 radical (unpaired) electrons. The lowest BCUT2D eigenvalue weighted by Crippen LogP contribution is -2.31. The van der Waals surface area contributed by atoms with E-state index in [1.54, 1.807) is 38.4 Å². The van der Waals surface area contributed by atoms with Gasteiger partial charge in [0.2, 0.25) is 10.0 Å². The SMILES string of the molecule is CCN(CC)S(=O)(=O)c1cccc(C(=O)NCc2ccnc(-n3ccnc3C)c2)c1. The van der Waals surface area contributed by atoms with Gasteiger partial charge >= 0.3 is 0 Å². The standard InChI is InChI=1S/C21H25N5O3S/c1-4-25(5-2)30(28,29)19-8-6-7-18(14-19)21(27)24-15-17-9-10-23-20(13-17)26-12-11-22-16(26)3/h6-14H,4-5,15H2,1-3H3,(H,24,27). The molecule has 2 aromatic heterocycles. The minimum atomic E-state index is -3.62. The monoisotopic (exact) mass is 427 g/mol. The first-order valence-corrected chi connectivity index (χ1v) is 11.1. The number of rotatable bonds is 8. The van der Waals surface area contributed by atoms with Gasteiger partial charge in [0.05, 0.1) is 4.90 Å². The van der Waals surface area contributed by atoms with Crippen LogP contribution in [0.1, 0.15) is 35.6 Å². The molecule has 0 fully saturated rings. The maximum absolute atomic E-state index is 12.7. The van der Waals surface area contributed by atoms with Crippen LogP contribution >= 0.6 is 0 Å². The van der Waals surface area contributed by atoms with Gasteiger partial charge in [-0.3, -0.25) is 9.36 Å². The molecule has 1 aromatic carbocycles. The lowest BCUT2D eigenvalue weighted by molar-refractivity contribution is 0.0950. The number of aromatic nitrogens is 3. The van der Waals surface area contributed by atoms with E-state index < -0.39 is 10.0 Å². The van der Waals surface area contributed by atoms with E-state index in [2.05, 4.69) is 15.3 Å². The summed E-state index contributed by atoms with van der Waals surface area (Å²) in [5.74, 6) is 1.18. The summed E-state index contributed by atoms with van der Waals surface area (Å²) in [6.45, 7) is 6.48. The first kappa shape index (κ1) is 21.7. The zero-order valence-electron chi connectivity index (χ0n) is 17.2. The van der Waals surface area contributed by atoms with Crippen LogP contribution < -0.4 is 5.32 Å². The number of benzene rings is 1. The van der Waals surface area contributed by atoms with Gasteiger partial charge in [-0.2, -0.15) is 4.31 Å². The third-order valence-electron chi connectivity index (χ3n) is 4.77. The Kier molecular flexibility index (Phi) is 6.63. The quantitative estimate of drug-likeness (QED) is 0.596. The molecule has 9 heteroatoms. The lowest BCUT2D eigenvalue weighted by atomic mass is 10.2. The molecule has 8 nitrogen and oxygen atoms in total. The van der Waals surface area contributed by atoms with Crippen molar-refractivity contribution in [1.29, 1.82) is 0 Å². The van der Waals surface area contributed by atoms with E-state index in [1.165, 1.54) is 16.4 Å². The van der Waals surface area contributed by atoms with E-state index >= 15 is 0 Å². The first-order chi connectivity index (χ1) is 14.4. The van der Waals surface area contributed by atoms with Gasteiger partial charge in [0.25, 0.3) is 5.91 Å².